The topological polar surface area (TPSA) is 49.3 Å². The van der Waals surface area contributed by atoms with Crippen LogP contribution in [0.2, 0.25) is 6.32 Å². The highest BCUT2D eigenvalue weighted by molar-refractivity contribution is 6.45. The molecule has 5 nitrogen and oxygen atoms in total. The summed E-state index contributed by atoms with van der Waals surface area (Å²) >= 11 is 0. The van der Waals surface area contributed by atoms with Crippen molar-refractivity contribution >= 4 is 12.8 Å². The van der Waals surface area contributed by atoms with Gasteiger partial charge >= 0.3 is 7.12 Å². The van der Waals surface area contributed by atoms with Crippen molar-refractivity contribution in [1.29, 1.82) is 0 Å². The van der Waals surface area contributed by atoms with E-state index in [0.717, 1.165) is 79.6 Å². The smallest absolute Gasteiger partial charge is 0.457 e. The number of unbranched alkanes of at least 4 members (excludes halogenated alkanes) is 1. The monoisotopic (exact) mass is 635 g/mol. The summed E-state index contributed by atoms with van der Waals surface area (Å²) in [5, 5.41) is 0. The molecule has 0 N–H and O–H groups in total. The maximum atomic E-state index is 6.98. The van der Waals surface area contributed by atoms with Gasteiger partial charge in [0.25, 0.3) is 0 Å². The van der Waals surface area contributed by atoms with E-state index in [0.29, 0.717) is 6.61 Å². The lowest BCUT2D eigenvalue weighted by Gasteiger charge is -2.37. The Morgan fingerprint density at radius 2 is 1.23 bits per heavy atom. The standard InChI is InChI=1S/C41H54BNO4/c1-38(2,3)45-37(34-26-27-34)41(29-19-31-44-35-24-15-10-16-25-35,28-17-18-30-42-46-39(4,5)40(6,7)47-42)43-36(32-20-11-8-12-21-32)33-22-13-9-14-23-33/h8-16,20-25H,17-19,26-31H2,1-7H3. The first-order valence-electron chi connectivity index (χ1n) is 17.5. The molecule has 47 heavy (non-hydrogen) atoms. The second-order valence-corrected chi connectivity index (χ2v) is 15.1. The van der Waals surface area contributed by atoms with Gasteiger partial charge in [-0.2, -0.15) is 0 Å². The largest absolute Gasteiger partial charge is 0.494 e. The minimum absolute atomic E-state index is 0.201. The summed E-state index contributed by atoms with van der Waals surface area (Å²) in [4.78, 5) is 5.87. The number of ether oxygens (including phenoxy) is 2. The van der Waals surface area contributed by atoms with Crippen LogP contribution in [0.5, 0.6) is 5.75 Å². The normalized spacial score (nSPS) is 17.9. The SMILES string of the molecule is CC(C)(C)OC(=C1CC1)C(CCCCB1OC(C)(C)C(C)(C)O1)(CCCOc1ccccc1)N=C(c1ccccc1)c1ccccc1. The summed E-state index contributed by atoms with van der Waals surface area (Å²) in [6.07, 6.45) is 7.42. The van der Waals surface area contributed by atoms with E-state index >= 15 is 0 Å². The average molecular weight is 636 g/mol. The second-order valence-electron chi connectivity index (χ2n) is 15.1. The van der Waals surface area contributed by atoms with E-state index in [4.69, 9.17) is 23.8 Å². The third-order valence-electron chi connectivity index (χ3n) is 9.40. The van der Waals surface area contributed by atoms with E-state index in [9.17, 15) is 0 Å². The van der Waals surface area contributed by atoms with Crippen molar-refractivity contribution in [3.8, 4) is 5.75 Å². The van der Waals surface area contributed by atoms with Crippen LogP contribution in [0.1, 0.15) is 105 Å². The predicted octanol–water partition coefficient (Wildman–Crippen LogP) is 10.2. The highest BCUT2D eigenvalue weighted by Gasteiger charge is 2.50. The Hall–Kier alpha value is -3.35. The van der Waals surface area contributed by atoms with Gasteiger partial charge in [0, 0.05) is 11.1 Å². The first-order valence-corrected chi connectivity index (χ1v) is 17.5. The summed E-state index contributed by atoms with van der Waals surface area (Å²) in [6, 6.07) is 31.3. The van der Waals surface area contributed by atoms with Crippen molar-refractivity contribution in [3.05, 3.63) is 113 Å². The summed E-state index contributed by atoms with van der Waals surface area (Å²) in [5.74, 6) is 1.95. The fourth-order valence-corrected chi connectivity index (χ4v) is 6.19. The van der Waals surface area contributed by atoms with Crippen molar-refractivity contribution < 1.29 is 18.8 Å². The molecule has 3 aromatic rings. The van der Waals surface area contributed by atoms with Crippen LogP contribution in [-0.2, 0) is 14.0 Å². The van der Waals surface area contributed by atoms with Crippen LogP contribution >= 0.6 is 0 Å². The van der Waals surface area contributed by atoms with E-state index < -0.39 is 5.54 Å². The minimum Gasteiger partial charge on any atom is -0.494 e. The van der Waals surface area contributed by atoms with Gasteiger partial charge in [0.2, 0.25) is 0 Å². The number of hydrogen-bond acceptors (Lipinski definition) is 5. The van der Waals surface area contributed by atoms with Gasteiger partial charge in [-0.15, -0.1) is 0 Å². The van der Waals surface area contributed by atoms with E-state index in [2.05, 4.69) is 109 Å². The lowest BCUT2D eigenvalue weighted by molar-refractivity contribution is 0.00578. The van der Waals surface area contributed by atoms with Crippen molar-refractivity contribution in [2.75, 3.05) is 6.61 Å². The van der Waals surface area contributed by atoms with Crippen LogP contribution in [-0.4, -0.2) is 41.8 Å². The molecular weight excluding hydrogens is 581 g/mol. The number of aliphatic imine (C=N–C) groups is 1. The third-order valence-corrected chi connectivity index (χ3v) is 9.40. The van der Waals surface area contributed by atoms with Gasteiger partial charge in [-0.3, -0.25) is 4.99 Å². The van der Waals surface area contributed by atoms with E-state index in [1.54, 1.807) is 0 Å². The molecule has 1 saturated heterocycles. The lowest BCUT2D eigenvalue weighted by Crippen LogP contribution is -2.41. The number of allylic oxidation sites excluding steroid dienone is 1. The van der Waals surface area contributed by atoms with Gasteiger partial charge in [-0.25, -0.2) is 0 Å². The number of hydrogen-bond donors (Lipinski definition) is 0. The Labute approximate surface area is 283 Å². The van der Waals surface area contributed by atoms with Crippen LogP contribution in [0.3, 0.4) is 0 Å². The average Bonchev–Trinajstić information content (AvgIpc) is 3.85. The van der Waals surface area contributed by atoms with E-state index in [1.807, 2.05) is 30.3 Å². The summed E-state index contributed by atoms with van der Waals surface area (Å²) in [5.41, 5.74) is 3.04. The molecule has 6 heteroatoms. The zero-order valence-corrected chi connectivity index (χ0v) is 29.7. The Kier molecular flexibility index (Phi) is 11.0. The van der Waals surface area contributed by atoms with E-state index in [-0.39, 0.29) is 23.9 Å². The van der Waals surface area contributed by atoms with Crippen LogP contribution in [0.15, 0.2) is 107 Å². The summed E-state index contributed by atoms with van der Waals surface area (Å²) in [7, 11) is -0.201. The molecule has 1 unspecified atom stereocenters. The molecule has 2 aliphatic rings. The molecule has 1 heterocycles. The number of rotatable bonds is 15. The molecule has 250 valence electrons. The molecule has 0 aromatic heterocycles. The minimum atomic E-state index is -0.559. The van der Waals surface area contributed by atoms with Crippen molar-refractivity contribution in [2.24, 2.45) is 4.99 Å². The molecule has 0 bridgehead atoms. The van der Waals surface area contributed by atoms with Gasteiger partial charge in [-0.1, -0.05) is 91.7 Å². The second kappa shape index (κ2) is 14.8. The van der Waals surface area contributed by atoms with E-state index in [1.165, 1.54) is 5.57 Å². The summed E-state index contributed by atoms with van der Waals surface area (Å²) < 4.78 is 25.9. The zero-order valence-electron chi connectivity index (χ0n) is 29.7. The number of para-hydroxylation sites is 1. The molecule has 0 amide bonds. The van der Waals surface area contributed by atoms with Crippen molar-refractivity contribution in [2.45, 2.75) is 122 Å². The Balaban J connectivity index is 1.51. The van der Waals surface area contributed by atoms with Crippen LogP contribution in [0.25, 0.3) is 0 Å². The lowest BCUT2D eigenvalue weighted by atomic mass is 9.79. The van der Waals surface area contributed by atoms with Gasteiger partial charge in [0.15, 0.2) is 0 Å². The highest BCUT2D eigenvalue weighted by atomic mass is 16.7. The van der Waals surface area contributed by atoms with Crippen LogP contribution in [0, 0.1) is 0 Å². The molecule has 3 aromatic carbocycles. The zero-order chi connectivity index (χ0) is 33.5. The maximum Gasteiger partial charge on any atom is 0.457 e. The fourth-order valence-electron chi connectivity index (χ4n) is 6.19. The number of benzene rings is 3. The Morgan fingerprint density at radius 3 is 1.74 bits per heavy atom. The predicted molar refractivity (Wildman–Crippen MR) is 194 cm³/mol. The molecule has 1 atom stereocenters. The molecular formula is C41H54BNO4. The molecule has 5 rings (SSSR count). The number of nitrogens with zero attached hydrogens (tertiary/aromatic N) is 1. The fraction of sp³-hybridized carbons (Fsp3) is 0.488. The van der Waals surface area contributed by atoms with Crippen molar-refractivity contribution in [1.82, 2.24) is 0 Å². The first kappa shape index (κ1) is 35.0. The van der Waals surface area contributed by atoms with Gasteiger partial charge in [-0.05, 0) is 105 Å². The van der Waals surface area contributed by atoms with Gasteiger partial charge in [0.05, 0.1) is 23.5 Å². The Bertz CT molecular complexity index is 1430. The highest BCUT2D eigenvalue weighted by Crippen LogP contribution is 2.46. The molecule has 2 fully saturated rings. The first-order chi connectivity index (χ1) is 22.4. The van der Waals surface area contributed by atoms with Gasteiger partial charge in [0.1, 0.15) is 22.6 Å². The third kappa shape index (κ3) is 9.39. The molecule has 1 aliphatic heterocycles. The molecule has 0 radical (unpaired) electrons. The van der Waals surface area contributed by atoms with Crippen LogP contribution in [0.4, 0.5) is 0 Å². The van der Waals surface area contributed by atoms with Crippen LogP contribution < -0.4 is 4.74 Å². The Morgan fingerprint density at radius 1 is 0.723 bits per heavy atom. The summed E-state index contributed by atoms with van der Waals surface area (Å²) in [6.45, 7) is 15.5. The quantitative estimate of drug-likeness (QED) is 0.0722. The maximum absolute atomic E-state index is 6.98. The molecule has 1 aliphatic carbocycles. The van der Waals surface area contributed by atoms with Gasteiger partial charge < -0.3 is 18.8 Å². The molecule has 0 spiro atoms. The van der Waals surface area contributed by atoms with Crippen molar-refractivity contribution in [3.63, 3.8) is 0 Å². The molecule has 1 saturated carbocycles.